The second kappa shape index (κ2) is 11.7. The summed E-state index contributed by atoms with van der Waals surface area (Å²) in [6.07, 6.45) is 9.65. The van der Waals surface area contributed by atoms with Crippen LogP contribution in [0.15, 0.2) is 66.7 Å². The largest absolute Gasteiger partial charge is 0.0839 e. The maximum atomic E-state index is 2.28. The van der Waals surface area contributed by atoms with Gasteiger partial charge in [-0.15, -0.1) is 0 Å². The van der Waals surface area contributed by atoms with Gasteiger partial charge in [0.15, 0.2) is 0 Å². The summed E-state index contributed by atoms with van der Waals surface area (Å²) < 4.78 is 1.29. The Bertz CT molecular complexity index is 460. The van der Waals surface area contributed by atoms with Crippen LogP contribution in [0.1, 0.15) is 38.2 Å². The first-order chi connectivity index (χ1) is 9.83. The highest BCUT2D eigenvalue weighted by Gasteiger charge is 1.83. The Morgan fingerprint density at radius 3 is 1.95 bits per heavy atom. The highest BCUT2D eigenvalue weighted by atomic mass is 127. The molecule has 0 aliphatic heterocycles. The molecule has 0 atom stereocenters. The molecule has 2 aromatic rings. The van der Waals surface area contributed by atoms with Gasteiger partial charge in [-0.1, -0.05) is 80.4 Å². The zero-order valence-corrected chi connectivity index (χ0v) is 14.3. The van der Waals surface area contributed by atoms with Crippen LogP contribution in [0.4, 0.5) is 0 Å². The van der Waals surface area contributed by atoms with E-state index in [0.717, 1.165) is 0 Å². The molecule has 0 aliphatic carbocycles. The molecule has 0 fully saturated rings. The Labute approximate surface area is 137 Å². The average molecular weight is 378 g/mol. The second-order valence-electron chi connectivity index (χ2n) is 4.60. The first-order valence-electron chi connectivity index (χ1n) is 7.25. The van der Waals surface area contributed by atoms with Crippen LogP contribution in [0.3, 0.4) is 0 Å². The van der Waals surface area contributed by atoms with E-state index in [1.54, 1.807) is 0 Å². The van der Waals surface area contributed by atoms with Gasteiger partial charge in [-0.3, -0.25) is 0 Å². The molecule has 0 unspecified atom stereocenters. The van der Waals surface area contributed by atoms with Gasteiger partial charge in [0.25, 0.3) is 0 Å². The van der Waals surface area contributed by atoms with Crippen molar-refractivity contribution in [3.05, 3.63) is 75.9 Å². The molecule has 0 amide bonds. The minimum Gasteiger partial charge on any atom is -0.0839 e. The van der Waals surface area contributed by atoms with Gasteiger partial charge in [0.05, 0.1) is 0 Å². The van der Waals surface area contributed by atoms with Crippen LogP contribution in [0.5, 0.6) is 0 Å². The highest BCUT2D eigenvalue weighted by Crippen LogP contribution is 2.05. The Balaban J connectivity index is 0.000000240. The zero-order chi connectivity index (χ0) is 14.5. The van der Waals surface area contributed by atoms with Crippen LogP contribution in [0.2, 0.25) is 0 Å². The molecule has 106 valence electrons. The normalized spacial score (nSPS) is 10.1. The molecule has 2 rings (SSSR count). The number of hydrogen-bond donors (Lipinski definition) is 0. The lowest BCUT2D eigenvalue weighted by Gasteiger charge is -1.92. The van der Waals surface area contributed by atoms with Gasteiger partial charge in [-0.25, -0.2) is 0 Å². The fourth-order valence-corrected chi connectivity index (χ4v) is 2.13. The minimum absolute atomic E-state index is 1.21. The number of rotatable bonds is 5. The summed E-state index contributed by atoms with van der Waals surface area (Å²) in [4.78, 5) is 0. The van der Waals surface area contributed by atoms with Crippen molar-refractivity contribution < 1.29 is 0 Å². The van der Waals surface area contributed by atoms with Crippen molar-refractivity contribution in [3.8, 4) is 0 Å². The zero-order valence-electron chi connectivity index (χ0n) is 12.1. The molecule has 0 bridgehead atoms. The number of halogens is 1. The maximum Gasteiger partial charge on any atom is 0.0130 e. The second-order valence-corrected chi connectivity index (χ2v) is 5.85. The summed E-state index contributed by atoms with van der Waals surface area (Å²) >= 11 is 2.28. The summed E-state index contributed by atoms with van der Waals surface area (Å²) in [7, 11) is 0. The van der Waals surface area contributed by atoms with Crippen molar-refractivity contribution in [1.82, 2.24) is 0 Å². The number of unbranched alkanes of at least 4 members (excludes halogenated alkanes) is 3. The third kappa shape index (κ3) is 8.92. The topological polar surface area (TPSA) is 0 Å². The van der Waals surface area contributed by atoms with Crippen LogP contribution in [-0.2, 0) is 0 Å². The van der Waals surface area contributed by atoms with E-state index in [-0.39, 0.29) is 0 Å². The van der Waals surface area contributed by atoms with E-state index >= 15 is 0 Å². The standard InChI is InChI=1S/C13H18.C6H5I/c1-2-3-4-5-7-10-13-11-8-6-9-12-13;7-6-4-2-1-3-5-6/h6-12H,2-5H2,1H3;1-5H/b10-7+;. The lowest BCUT2D eigenvalue weighted by molar-refractivity contribution is 0.730. The van der Waals surface area contributed by atoms with Crippen molar-refractivity contribution in [2.75, 3.05) is 0 Å². The van der Waals surface area contributed by atoms with E-state index < -0.39 is 0 Å². The molecule has 2 aromatic carbocycles. The molecule has 0 saturated carbocycles. The summed E-state index contributed by atoms with van der Waals surface area (Å²) in [5.41, 5.74) is 1.30. The molecule has 0 radical (unpaired) electrons. The Morgan fingerprint density at radius 1 is 0.850 bits per heavy atom. The predicted octanol–water partition coefficient (Wildman–Crippen LogP) is 6.57. The van der Waals surface area contributed by atoms with E-state index in [1.165, 1.54) is 34.8 Å². The van der Waals surface area contributed by atoms with E-state index in [0.29, 0.717) is 0 Å². The van der Waals surface area contributed by atoms with Crippen LogP contribution in [0, 0.1) is 3.57 Å². The first-order valence-corrected chi connectivity index (χ1v) is 8.33. The molecule has 0 aliphatic rings. The smallest absolute Gasteiger partial charge is 0.0130 e. The van der Waals surface area contributed by atoms with Gasteiger partial charge in [-0.05, 0) is 53.1 Å². The SMILES string of the molecule is CCCCC/C=C/c1ccccc1.Ic1ccccc1. The first kappa shape index (κ1) is 17.0. The predicted molar refractivity (Wildman–Crippen MR) is 98.8 cm³/mol. The van der Waals surface area contributed by atoms with Crippen molar-refractivity contribution in [1.29, 1.82) is 0 Å². The Morgan fingerprint density at radius 2 is 1.45 bits per heavy atom. The Kier molecular flexibility index (Phi) is 9.93. The van der Waals surface area contributed by atoms with Crippen molar-refractivity contribution in [2.45, 2.75) is 32.6 Å². The molecule has 20 heavy (non-hydrogen) atoms. The van der Waals surface area contributed by atoms with E-state index in [2.05, 4.69) is 84.1 Å². The van der Waals surface area contributed by atoms with Gasteiger partial charge < -0.3 is 0 Å². The lowest BCUT2D eigenvalue weighted by atomic mass is 10.1. The summed E-state index contributed by atoms with van der Waals surface area (Å²) in [6.45, 7) is 2.24. The van der Waals surface area contributed by atoms with E-state index in [4.69, 9.17) is 0 Å². The van der Waals surface area contributed by atoms with Gasteiger partial charge in [-0.2, -0.15) is 0 Å². The van der Waals surface area contributed by atoms with E-state index in [9.17, 15) is 0 Å². The van der Waals surface area contributed by atoms with Gasteiger partial charge >= 0.3 is 0 Å². The fourth-order valence-electron chi connectivity index (χ4n) is 1.71. The Hall–Kier alpha value is -1.09. The highest BCUT2D eigenvalue weighted by molar-refractivity contribution is 14.1. The summed E-state index contributed by atoms with van der Waals surface area (Å²) in [6, 6.07) is 20.7. The molecular formula is C19H23I. The van der Waals surface area contributed by atoms with Gasteiger partial charge in [0.1, 0.15) is 0 Å². The van der Waals surface area contributed by atoms with E-state index in [1.807, 2.05) is 18.2 Å². The van der Waals surface area contributed by atoms with Crippen molar-refractivity contribution >= 4 is 28.7 Å². The fraction of sp³-hybridized carbons (Fsp3) is 0.263. The summed E-state index contributed by atoms with van der Waals surface area (Å²) in [5.74, 6) is 0. The third-order valence-corrected chi connectivity index (χ3v) is 3.54. The molecule has 0 aromatic heterocycles. The van der Waals surface area contributed by atoms with Crippen LogP contribution < -0.4 is 0 Å². The molecule has 0 nitrogen and oxygen atoms in total. The molecule has 0 N–H and O–H groups in total. The van der Waals surface area contributed by atoms with Crippen LogP contribution >= 0.6 is 22.6 Å². The molecule has 0 spiro atoms. The van der Waals surface area contributed by atoms with Crippen molar-refractivity contribution in [2.24, 2.45) is 0 Å². The molecule has 0 saturated heterocycles. The summed E-state index contributed by atoms with van der Waals surface area (Å²) in [5, 5.41) is 0. The number of allylic oxidation sites excluding steroid dienone is 1. The van der Waals surface area contributed by atoms with Gasteiger partial charge in [0.2, 0.25) is 0 Å². The van der Waals surface area contributed by atoms with Crippen LogP contribution in [0.25, 0.3) is 6.08 Å². The number of hydrogen-bond acceptors (Lipinski definition) is 0. The quantitative estimate of drug-likeness (QED) is 0.408. The minimum atomic E-state index is 1.21. The lowest BCUT2D eigenvalue weighted by Crippen LogP contribution is -1.72. The number of benzene rings is 2. The van der Waals surface area contributed by atoms with Crippen molar-refractivity contribution in [3.63, 3.8) is 0 Å². The molecule has 1 heteroatoms. The van der Waals surface area contributed by atoms with Crippen LogP contribution in [-0.4, -0.2) is 0 Å². The van der Waals surface area contributed by atoms with Gasteiger partial charge in [0, 0.05) is 3.57 Å². The maximum absolute atomic E-state index is 2.28. The third-order valence-electron chi connectivity index (χ3n) is 2.82. The molecular weight excluding hydrogens is 355 g/mol. The monoisotopic (exact) mass is 378 g/mol. The molecule has 0 heterocycles. The average Bonchev–Trinajstić information content (AvgIpc) is 2.50.